The molecule has 3 nitrogen and oxygen atoms in total. The van der Waals surface area contributed by atoms with Crippen molar-refractivity contribution in [3.63, 3.8) is 0 Å². The highest BCUT2D eigenvalue weighted by Crippen LogP contribution is 2.15. The van der Waals surface area contributed by atoms with E-state index in [1.165, 1.54) is 0 Å². The number of rotatable bonds is 4. The van der Waals surface area contributed by atoms with E-state index >= 15 is 0 Å². The van der Waals surface area contributed by atoms with Crippen LogP contribution in [0.15, 0.2) is 48.5 Å². The molecule has 2 aromatic rings. The lowest BCUT2D eigenvalue weighted by Crippen LogP contribution is -1.96. The topological polar surface area (TPSA) is 56.8 Å². The summed E-state index contributed by atoms with van der Waals surface area (Å²) in [5.74, 6) is 0.754. The van der Waals surface area contributed by atoms with Gasteiger partial charge in [-0.05, 0) is 35.4 Å². The Labute approximate surface area is 112 Å². The largest absolute Gasteiger partial charge is 0.489 e. The van der Waals surface area contributed by atoms with Gasteiger partial charge in [-0.15, -0.1) is 0 Å². The van der Waals surface area contributed by atoms with Crippen LogP contribution in [-0.2, 0) is 13.0 Å². The van der Waals surface area contributed by atoms with Gasteiger partial charge in [0.1, 0.15) is 12.4 Å². The molecule has 0 saturated heterocycles. The van der Waals surface area contributed by atoms with E-state index in [0.717, 1.165) is 16.9 Å². The van der Waals surface area contributed by atoms with Gasteiger partial charge in [-0.2, -0.15) is 10.5 Å². The Morgan fingerprint density at radius 3 is 2.42 bits per heavy atom. The van der Waals surface area contributed by atoms with Crippen molar-refractivity contribution < 1.29 is 4.74 Å². The Balaban J connectivity index is 1.98. The van der Waals surface area contributed by atoms with Crippen LogP contribution in [0.25, 0.3) is 0 Å². The van der Waals surface area contributed by atoms with Gasteiger partial charge in [0.15, 0.2) is 0 Å². The van der Waals surface area contributed by atoms with Gasteiger partial charge in [-0.1, -0.05) is 24.3 Å². The molecule has 0 radical (unpaired) electrons. The molecule has 0 saturated carbocycles. The van der Waals surface area contributed by atoms with Gasteiger partial charge >= 0.3 is 0 Å². The first kappa shape index (κ1) is 12.7. The zero-order valence-corrected chi connectivity index (χ0v) is 10.3. The smallest absolute Gasteiger partial charge is 0.119 e. The zero-order valence-electron chi connectivity index (χ0n) is 10.3. The third-order valence-electron chi connectivity index (χ3n) is 2.67. The van der Waals surface area contributed by atoms with E-state index in [2.05, 4.69) is 12.1 Å². The minimum absolute atomic E-state index is 0.407. The highest BCUT2D eigenvalue weighted by Gasteiger charge is 1.98. The van der Waals surface area contributed by atoms with Gasteiger partial charge in [0.2, 0.25) is 0 Å². The maximum atomic E-state index is 8.81. The number of hydrogen-bond acceptors (Lipinski definition) is 3. The second-order valence-corrected chi connectivity index (χ2v) is 4.08. The van der Waals surface area contributed by atoms with Crippen molar-refractivity contribution in [2.75, 3.05) is 0 Å². The molecule has 0 aliphatic rings. The number of nitrogens with zero attached hydrogens (tertiary/aromatic N) is 2. The van der Waals surface area contributed by atoms with Crippen molar-refractivity contribution in [3.05, 3.63) is 65.2 Å². The lowest BCUT2D eigenvalue weighted by molar-refractivity contribution is 0.306. The number of ether oxygens (including phenoxy) is 1. The fourth-order valence-corrected chi connectivity index (χ4v) is 1.69. The van der Waals surface area contributed by atoms with Crippen LogP contribution >= 0.6 is 0 Å². The predicted molar refractivity (Wildman–Crippen MR) is 71.2 cm³/mol. The summed E-state index contributed by atoms with van der Waals surface area (Å²) >= 11 is 0. The van der Waals surface area contributed by atoms with Crippen LogP contribution in [0, 0.1) is 22.7 Å². The molecule has 0 atom stereocenters. The molecular weight excluding hydrogens is 236 g/mol. The van der Waals surface area contributed by atoms with Crippen LogP contribution in [0.5, 0.6) is 5.75 Å². The highest BCUT2D eigenvalue weighted by atomic mass is 16.5. The summed E-state index contributed by atoms with van der Waals surface area (Å²) in [5.41, 5.74) is 2.56. The summed E-state index contributed by atoms with van der Waals surface area (Å²) in [6.45, 7) is 0.424. The lowest BCUT2D eigenvalue weighted by atomic mass is 10.1. The van der Waals surface area contributed by atoms with Gasteiger partial charge in [0.05, 0.1) is 24.1 Å². The molecule has 0 bridgehead atoms. The van der Waals surface area contributed by atoms with Gasteiger partial charge in [0.25, 0.3) is 0 Å². The number of benzene rings is 2. The number of hydrogen-bond donors (Lipinski definition) is 0. The quantitative estimate of drug-likeness (QED) is 0.834. The fourth-order valence-electron chi connectivity index (χ4n) is 1.69. The summed E-state index contributed by atoms with van der Waals surface area (Å²) < 4.78 is 5.63. The van der Waals surface area contributed by atoms with Gasteiger partial charge in [-0.25, -0.2) is 0 Å². The Bertz CT molecular complexity index is 633. The van der Waals surface area contributed by atoms with Crippen molar-refractivity contribution in [3.8, 4) is 17.9 Å². The van der Waals surface area contributed by atoms with Crippen LogP contribution in [0.3, 0.4) is 0 Å². The van der Waals surface area contributed by atoms with E-state index in [1.807, 2.05) is 42.5 Å². The molecule has 0 aromatic heterocycles. The molecule has 2 aromatic carbocycles. The maximum absolute atomic E-state index is 8.81. The zero-order chi connectivity index (χ0) is 13.5. The fraction of sp³-hybridized carbons (Fsp3) is 0.125. The van der Waals surface area contributed by atoms with E-state index in [9.17, 15) is 0 Å². The van der Waals surface area contributed by atoms with Crippen LogP contribution in [0.1, 0.15) is 16.7 Å². The summed E-state index contributed by atoms with van der Waals surface area (Å²) in [6.07, 6.45) is 0.407. The molecule has 0 aliphatic heterocycles. The number of nitriles is 2. The molecule has 0 aliphatic carbocycles. The molecule has 0 spiro atoms. The van der Waals surface area contributed by atoms with Crippen LogP contribution < -0.4 is 4.74 Å². The first-order chi connectivity index (χ1) is 9.31. The standard InChI is InChI=1S/C16H12N2O/c17-9-8-13-4-6-16(7-5-13)19-12-15-3-1-2-14(10-15)11-18/h1-7,10H,8,12H2. The van der Waals surface area contributed by atoms with Gasteiger partial charge in [0, 0.05) is 0 Å². The molecule has 92 valence electrons. The van der Waals surface area contributed by atoms with E-state index in [4.69, 9.17) is 15.3 Å². The van der Waals surface area contributed by atoms with Crippen molar-refractivity contribution in [1.82, 2.24) is 0 Å². The average molecular weight is 248 g/mol. The second kappa shape index (κ2) is 6.23. The summed E-state index contributed by atoms with van der Waals surface area (Å²) in [4.78, 5) is 0. The van der Waals surface area contributed by atoms with Gasteiger partial charge < -0.3 is 4.74 Å². The van der Waals surface area contributed by atoms with Crippen LogP contribution in [0.2, 0.25) is 0 Å². The third kappa shape index (κ3) is 3.59. The highest BCUT2D eigenvalue weighted by molar-refractivity contribution is 5.33. The lowest BCUT2D eigenvalue weighted by Gasteiger charge is -2.06. The predicted octanol–water partition coefficient (Wildman–Crippen LogP) is 3.20. The molecule has 3 heteroatoms. The van der Waals surface area contributed by atoms with Gasteiger partial charge in [-0.3, -0.25) is 0 Å². The summed E-state index contributed by atoms with van der Waals surface area (Å²) in [5, 5.41) is 17.4. The van der Waals surface area contributed by atoms with Crippen LogP contribution in [-0.4, -0.2) is 0 Å². The van der Waals surface area contributed by atoms with Crippen molar-refractivity contribution in [2.45, 2.75) is 13.0 Å². The van der Waals surface area contributed by atoms with E-state index in [-0.39, 0.29) is 0 Å². The summed E-state index contributed by atoms with van der Waals surface area (Å²) in [6, 6.07) is 19.0. The first-order valence-electron chi connectivity index (χ1n) is 5.89. The normalized spacial score (nSPS) is 9.37. The molecule has 0 N–H and O–H groups in total. The van der Waals surface area contributed by atoms with E-state index in [1.54, 1.807) is 6.07 Å². The van der Waals surface area contributed by atoms with Crippen LogP contribution in [0.4, 0.5) is 0 Å². The Kier molecular flexibility index (Phi) is 4.16. The third-order valence-corrected chi connectivity index (χ3v) is 2.67. The first-order valence-corrected chi connectivity index (χ1v) is 5.89. The summed E-state index contributed by atoms with van der Waals surface area (Å²) in [7, 11) is 0. The molecule has 0 heterocycles. The molecule has 0 amide bonds. The monoisotopic (exact) mass is 248 g/mol. The molecule has 19 heavy (non-hydrogen) atoms. The van der Waals surface area contributed by atoms with E-state index < -0.39 is 0 Å². The average Bonchev–Trinajstić information content (AvgIpc) is 2.47. The Morgan fingerprint density at radius 2 is 1.74 bits per heavy atom. The van der Waals surface area contributed by atoms with Crippen molar-refractivity contribution in [1.29, 1.82) is 10.5 Å². The molecule has 2 rings (SSSR count). The van der Waals surface area contributed by atoms with Crippen molar-refractivity contribution in [2.24, 2.45) is 0 Å². The molecular formula is C16H12N2O. The Morgan fingerprint density at radius 1 is 0.947 bits per heavy atom. The Hall–Kier alpha value is -2.78. The van der Waals surface area contributed by atoms with Crippen molar-refractivity contribution >= 4 is 0 Å². The van der Waals surface area contributed by atoms with E-state index in [0.29, 0.717) is 18.6 Å². The minimum Gasteiger partial charge on any atom is -0.489 e. The minimum atomic E-state index is 0.407. The second-order valence-electron chi connectivity index (χ2n) is 4.08. The SMILES string of the molecule is N#CCc1ccc(OCc2cccc(C#N)c2)cc1. The molecule has 0 fully saturated rings. The maximum Gasteiger partial charge on any atom is 0.119 e. The molecule has 0 unspecified atom stereocenters.